The van der Waals surface area contributed by atoms with E-state index in [0.29, 0.717) is 11.6 Å². The van der Waals surface area contributed by atoms with E-state index in [9.17, 15) is 13.6 Å². The lowest BCUT2D eigenvalue weighted by atomic mass is 10.0. The van der Waals surface area contributed by atoms with E-state index in [-0.39, 0.29) is 5.56 Å². The molecule has 0 spiro atoms. The van der Waals surface area contributed by atoms with E-state index in [0.717, 1.165) is 41.9 Å². The maximum absolute atomic E-state index is 13.7. The molecule has 0 radical (unpaired) electrons. The van der Waals surface area contributed by atoms with Crippen LogP contribution in [0.5, 0.6) is 0 Å². The molecule has 0 aliphatic heterocycles. The van der Waals surface area contributed by atoms with Crippen LogP contribution in [0.2, 0.25) is 0 Å². The molecule has 0 saturated heterocycles. The minimum Gasteiger partial charge on any atom is -0.398 e. The number of aryl methyl sites for hydroxylation is 1. The first kappa shape index (κ1) is 17.2. The number of halogens is 2. The minimum absolute atomic E-state index is 0.212. The van der Waals surface area contributed by atoms with E-state index in [1.54, 1.807) is 16.8 Å². The van der Waals surface area contributed by atoms with E-state index < -0.39 is 23.2 Å². The third-order valence-electron chi connectivity index (χ3n) is 4.69. The predicted molar refractivity (Wildman–Crippen MR) is 99.3 cm³/mol. The largest absolute Gasteiger partial charge is 0.398 e. The number of nitrogens with zero attached hydrogens (tertiary/aromatic N) is 2. The molecule has 138 valence electrons. The monoisotopic (exact) mass is 368 g/mol. The minimum atomic E-state index is -0.838. The standard InChI is InChI=1S/C20H18F2N4O/c1-26-18(10-17(25-26)11-5-6-11)13-8-7-12(9-16(13)23)20(27)24-19-14(21)3-2-4-15(19)22/h2-4,7-11H,5-6,23H2,1H3,(H,24,27). The zero-order valence-corrected chi connectivity index (χ0v) is 14.7. The summed E-state index contributed by atoms with van der Waals surface area (Å²) in [6.07, 6.45) is 2.30. The molecule has 1 fully saturated rings. The van der Waals surface area contributed by atoms with Gasteiger partial charge in [0.1, 0.15) is 17.3 Å². The maximum Gasteiger partial charge on any atom is 0.255 e. The summed E-state index contributed by atoms with van der Waals surface area (Å²) in [6, 6.07) is 10.2. The fourth-order valence-electron chi connectivity index (χ4n) is 3.06. The van der Waals surface area contributed by atoms with Gasteiger partial charge in [-0.3, -0.25) is 9.48 Å². The van der Waals surface area contributed by atoms with Crippen LogP contribution in [0.15, 0.2) is 42.5 Å². The van der Waals surface area contributed by atoms with Gasteiger partial charge in [-0.1, -0.05) is 6.07 Å². The maximum atomic E-state index is 13.7. The summed E-state index contributed by atoms with van der Waals surface area (Å²) in [5, 5.41) is 6.78. The number of carbonyl (C=O) groups excluding carboxylic acids is 1. The smallest absolute Gasteiger partial charge is 0.255 e. The Hall–Kier alpha value is -3.22. The highest BCUT2D eigenvalue weighted by molar-refractivity contribution is 6.05. The number of para-hydroxylation sites is 1. The molecular weight excluding hydrogens is 350 g/mol. The van der Waals surface area contributed by atoms with Crippen molar-refractivity contribution in [3.05, 3.63) is 65.4 Å². The van der Waals surface area contributed by atoms with Gasteiger partial charge in [0, 0.05) is 29.8 Å². The molecule has 1 aromatic heterocycles. The lowest BCUT2D eigenvalue weighted by Gasteiger charge is -2.10. The summed E-state index contributed by atoms with van der Waals surface area (Å²) < 4.78 is 29.2. The zero-order valence-electron chi connectivity index (χ0n) is 14.7. The molecule has 3 N–H and O–H groups in total. The van der Waals surface area contributed by atoms with Crippen molar-refractivity contribution in [1.29, 1.82) is 0 Å². The van der Waals surface area contributed by atoms with Crippen LogP contribution in [0.4, 0.5) is 20.2 Å². The second-order valence-corrected chi connectivity index (χ2v) is 6.71. The number of hydrogen-bond acceptors (Lipinski definition) is 3. The van der Waals surface area contributed by atoms with E-state index in [1.807, 2.05) is 13.1 Å². The fraction of sp³-hybridized carbons (Fsp3) is 0.200. The highest BCUT2D eigenvalue weighted by atomic mass is 19.1. The first-order valence-corrected chi connectivity index (χ1v) is 8.63. The molecule has 5 nitrogen and oxygen atoms in total. The van der Waals surface area contributed by atoms with Gasteiger partial charge in [-0.25, -0.2) is 8.78 Å². The quantitative estimate of drug-likeness (QED) is 0.682. The van der Waals surface area contributed by atoms with Crippen LogP contribution < -0.4 is 11.1 Å². The average molecular weight is 368 g/mol. The number of anilines is 2. The number of carbonyl (C=O) groups is 1. The van der Waals surface area contributed by atoms with Crippen LogP contribution in [-0.4, -0.2) is 15.7 Å². The van der Waals surface area contributed by atoms with Gasteiger partial charge in [0.05, 0.1) is 11.4 Å². The van der Waals surface area contributed by atoms with Gasteiger partial charge in [0.15, 0.2) is 0 Å². The van der Waals surface area contributed by atoms with Crippen molar-refractivity contribution in [3.63, 3.8) is 0 Å². The molecule has 1 heterocycles. The molecule has 2 aromatic carbocycles. The fourth-order valence-corrected chi connectivity index (χ4v) is 3.06. The van der Waals surface area contributed by atoms with Crippen molar-refractivity contribution in [2.75, 3.05) is 11.1 Å². The van der Waals surface area contributed by atoms with Crippen LogP contribution in [0.1, 0.15) is 34.8 Å². The van der Waals surface area contributed by atoms with Gasteiger partial charge >= 0.3 is 0 Å². The highest BCUT2D eigenvalue weighted by Gasteiger charge is 2.27. The molecule has 1 aliphatic carbocycles. The van der Waals surface area contributed by atoms with Crippen LogP contribution in [0, 0.1) is 11.6 Å². The molecule has 1 amide bonds. The van der Waals surface area contributed by atoms with Gasteiger partial charge in [-0.05, 0) is 49.2 Å². The van der Waals surface area contributed by atoms with Gasteiger partial charge in [0.2, 0.25) is 0 Å². The van der Waals surface area contributed by atoms with Gasteiger partial charge < -0.3 is 11.1 Å². The van der Waals surface area contributed by atoms with Crippen LogP contribution in [0.25, 0.3) is 11.3 Å². The van der Waals surface area contributed by atoms with Crippen LogP contribution in [0.3, 0.4) is 0 Å². The first-order chi connectivity index (χ1) is 12.9. The molecule has 4 rings (SSSR count). The van der Waals surface area contributed by atoms with Crippen molar-refractivity contribution in [1.82, 2.24) is 9.78 Å². The van der Waals surface area contributed by atoms with Gasteiger partial charge in [-0.15, -0.1) is 0 Å². The number of nitrogens with two attached hydrogens (primary N) is 1. The lowest BCUT2D eigenvalue weighted by Crippen LogP contribution is -2.14. The molecule has 0 unspecified atom stereocenters. The second-order valence-electron chi connectivity index (χ2n) is 6.71. The third-order valence-corrected chi connectivity index (χ3v) is 4.69. The number of nitrogen functional groups attached to an aromatic ring is 1. The molecule has 3 aromatic rings. The predicted octanol–water partition coefficient (Wildman–Crippen LogP) is 4.08. The number of rotatable bonds is 4. The third kappa shape index (κ3) is 3.28. The van der Waals surface area contributed by atoms with E-state index in [4.69, 9.17) is 5.73 Å². The van der Waals surface area contributed by atoms with Gasteiger partial charge in [0.25, 0.3) is 5.91 Å². The lowest BCUT2D eigenvalue weighted by molar-refractivity contribution is 0.102. The van der Waals surface area contributed by atoms with Crippen molar-refractivity contribution in [2.45, 2.75) is 18.8 Å². The Balaban J connectivity index is 1.61. The van der Waals surface area contributed by atoms with Crippen LogP contribution in [-0.2, 0) is 7.05 Å². The SMILES string of the molecule is Cn1nc(C2CC2)cc1-c1ccc(C(=O)Nc2c(F)cccc2F)cc1N. The van der Waals surface area contributed by atoms with Crippen LogP contribution >= 0.6 is 0 Å². The number of hydrogen-bond donors (Lipinski definition) is 2. The Bertz CT molecular complexity index is 1020. The number of aromatic nitrogens is 2. The molecule has 0 atom stereocenters. The molecule has 7 heteroatoms. The summed E-state index contributed by atoms with van der Waals surface area (Å²) in [4.78, 5) is 12.4. The Morgan fingerprint density at radius 3 is 2.52 bits per heavy atom. The molecule has 1 saturated carbocycles. The Labute approximate surface area is 154 Å². The summed E-state index contributed by atoms with van der Waals surface area (Å²) in [7, 11) is 1.85. The Morgan fingerprint density at radius 2 is 1.89 bits per heavy atom. The number of nitrogens with one attached hydrogen (secondary N) is 1. The zero-order chi connectivity index (χ0) is 19.1. The number of benzene rings is 2. The Kier molecular flexibility index (Phi) is 4.14. The summed E-state index contributed by atoms with van der Waals surface area (Å²) in [5.74, 6) is -1.79. The molecular formula is C20H18F2N4O. The summed E-state index contributed by atoms with van der Waals surface area (Å²) in [6.45, 7) is 0. The average Bonchev–Trinajstić information content (AvgIpc) is 3.41. The summed E-state index contributed by atoms with van der Waals surface area (Å²) >= 11 is 0. The van der Waals surface area contributed by atoms with Crippen molar-refractivity contribution < 1.29 is 13.6 Å². The van der Waals surface area contributed by atoms with Gasteiger partial charge in [-0.2, -0.15) is 5.10 Å². The molecule has 1 aliphatic rings. The van der Waals surface area contributed by atoms with Crippen molar-refractivity contribution in [3.8, 4) is 11.3 Å². The highest BCUT2D eigenvalue weighted by Crippen LogP contribution is 2.41. The number of amides is 1. The summed E-state index contributed by atoms with van der Waals surface area (Å²) in [5.41, 5.74) is 8.93. The van der Waals surface area contributed by atoms with E-state index >= 15 is 0 Å². The molecule has 27 heavy (non-hydrogen) atoms. The van der Waals surface area contributed by atoms with E-state index in [1.165, 1.54) is 12.1 Å². The first-order valence-electron chi connectivity index (χ1n) is 8.63. The molecule has 0 bridgehead atoms. The normalized spacial score (nSPS) is 13.6. The van der Waals surface area contributed by atoms with Crippen molar-refractivity contribution in [2.24, 2.45) is 7.05 Å². The van der Waals surface area contributed by atoms with E-state index in [2.05, 4.69) is 10.4 Å². The Morgan fingerprint density at radius 1 is 1.19 bits per heavy atom. The topological polar surface area (TPSA) is 72.9 Å². The second kappa shape index (κ2) is 6.50. The van der Waals surface area contributed by atoms with Crippen molar-refractivity contribution >= 4 is 17.3 Å².